The smallest absolute Gasteiger partial charge is 0.269 e. The van der Waals surface area contributed by atoms with Gasteiger partial charge in [0.2, 0.25) is 0 Å². The minimum absolute atomic E-state index is 0.0468. The number of halogens is 1. The Bertz CT molecular complexity index is 725. The van der Waals surface area contributed by atoms with Gasteiger partial charge in [-0.05, 0) is 36.4 Å². The van der Waals surface area contributed by atoms with Gasteiger partial charge in [0.15, 0.2) is 0 Å². The fourth-order valence-electron chi connectivity index (χ4n) is 2.45. The van der Waals surface area contributed by atoms with Crippen molar-refractivity contribution in [3.63, 3.8) is 0 Å². The molecule has 1 aliphatic rings. The van der Waals surface area contributed by atoms with Crippen LogP contribution in [-0.2, 0) is 0 Å². The fourth-order valence-corrected chi connectivity index (χ4v) is 2.58. The molecule has 1 fully saturated rings. The first-order valence-electron chi connectivity index (χ1n) is 7.53. The maximum atomic E-state index is 10.6. The zero-order valence-corrected chi connectivity index (χ0v) is 13.6. The number of hydrogen-bond donors (Lipinski definition) is 0. The first-order chi connectivity index (χ1) is 11.6. The van der Waals surface area contributed by atoms with E-state index in [1.165, 1.54) is 12.1 Å². The van der Waals surface area contributed by atoms with Gasteiger partial charge in [0.25, 0.3) is 5.69 Å². The number of non-ortho nitro benzene ring substituents is 1. The van der Waals surface area contributed by atoms with Crippen molar-refractivity contribution < 1.29 is 4.92 Å². The second-order valence-corrected chi connectivity index (χ2v) is 5.82. The van der Waals surface area contributed by atoms with Crippen LogP contribution < -0.4 is 4.90 Å². The Morgan fingerprint density at radius 3 is 2.17 bits per heavy atom. The molecule has 2 aromatic rings. The zero-order valence-electron chi connectivity index (χ0n) is 12.9. The number of rotatable bonds is 4. The highest BCUT2D eigenvalue weighted by molar-refractivity contribution is 6.30. The standard InChI is InChI=1S/C16H16ClN5O2/c17-13-1-5-15(6-2-13)20-9-11-21(12-10-20)19-18-14-3-7-16(8-4-14)22(23)24/h1-8H,9-12H2/b19-18+. The summed E-state index contributed by atoms with van der Waals surface area (Å²) in [6.07, 6.45) is 0. The van der Waals surface area contributed by atoms with Crippen LogP contribution in [0.15, 0.2) is 58.9 Å². The Labute approximate surface area is 144 Å². The SMILES string of the molecule is O=[N+]([O-])c1ccc(/N=N/N2CCN(c3ccc(Cl)cc3)CC2)cc1. The Morgan fingerprint density at radius 1 is 0.958 bits per heavy atom. The van der Waals surface area contributed by atoms with E-state index in [0.29, 0.717) is 5.69 Å². The van der Waals surface area contributed by atoms with E-state index in [2.05, 4.69) is 15.2 Å². The molecule has 3 rings (SSSR count). The average Bonchev–Trinajstić information content (AvgIpc) is 2.61. The van der Waals surface area contributed by atoms with Crippen LogP contribution in [0.1, 0.15) is 0 Å². The molecule has 0 aliphatic carbocycles. The first-order valence-corrected chi connectivity index (χ1v) is 7.91. The van der Waals surface area contributed by atoms with E-state index in [9.17, 15) is 10.1 Å². The van der Waals surface area contributed by atoms with Gasteiger partial charge in [-0.15, -0.1) is 5.11 Å². The average molecular weight is 346 g/mol. The van der Waals surface area contributed by atoms with E-state index in [1.54, 1.807) is 12.1 Å². The summed E-state index contributed by atoms with van der Waals surface area (Å²) < 4.78 is 0. The van der Waals surface area contributed by atoms with Gasteiger partial charge in [0, 0.05) is 35.9 Å². The Kier molecular flexibility index (Phi) is 4.90. The quantitative estimate of drug-likeness (QED) is 0.475. The lowest BCUT2D eigenvalue weighted by molar-refractivity contribution is -0.384. The molecular formula is C16H16ClN5O2. The predicted octanol–water partition coefficient (Wildman–Crippen LogP) is 4.07. The van der Waals surface area contributed by atoms with Gasteiger partial charge in [-0.1, -0.05) is 16.8 Å². The summed E-state index contributed by atoms with van der Waals surface area (Å²) >= 11 is 5.91. The highest BCUT2D eigenvalue weighted by Gasteiger charge is 2.16. The number of hydrogen-bond acceptors (Lipinski definition) is 5. The molecule has 0 amide bonds. The normalized spacial score (nSPS) is 15.0. The van der Waals surface area contributed by atoms with E-state index in [4.69, 9.17) is 11.6 Å². The van der Waals surface area contributed by atoms with Crippen molar-refractivity contribution in [3.8, 4) is 0 Å². The molecule has 0 atom stereocenters. The van der Waals surface area contributed by atoms with Crippen molar-refractivity contribution in [1.82, 2.24) is 5.01 Å². The van der Waals surface area contributed by atoms with Crippen molar-refractivity contribution in [1.29, 1.82) is 0 Å². The van der Waals surface area contributed by atoms with Gasteiger partial charge in [-0.3, -0.25) is 15.1 Å². The highest BCUT2D eigenvalue weighted by atomic mass is 35.5. The molecule has 8 heteroatoms. The zero-order chi connectivity index (χ0) is 16.9. The van der Waals surface area contributed by atoms with Gasteiger partial charge in [0.1, 0.15) is 0 Å². The summed E-state index contributed by atoms with van der Waals surface area (Å²) in [7, 11) is 0. The number of piperazine rings is 1. The maximum absolute atomic E-state index is 10.6. The third-order valence-corrected chi connectivity index (χ3v) is 4.05. The Hall–Kier alpha value is -2.67. The van der Waals surface area contributed by atoms with Crippen LogP contribution in [0.3, 0.4) is 0 Å². The first kappa shape index (κ1) is 16.2. The largest absolute Gasteiger partial charge is 0.368 e. The van der Waals surface area contributed by atoms with Gasteiger partial charge < -0.3 is 4.90 Å². The molecule has 7 nitrogen and oxygen atoms in total. The molecule has 0 saturated carbocycles. The van der Waals surface area contributed by atoms with Crippen molar-refractivity contribution in [2.75, 3.05) is 31.1 Å². The molecule has 0 unspecified atom stereocenters. The van der Waals surface area contributed by atoms with Gasteiger partial charge in [-0.25, -0.2) is 0 Å². The Balaban J connectivity index is 1.55. The molecule has 0 N–H and O–H groups in total. The third kappa shape index (κ3) is 3.99. The monoisotopic (exact) mass is 345 g/mol. The molecule has 124 valence electrons. The molecule has 2 aromatic carbocycles. The van der Waals surface area contributed by atoms with E-state index >= 15 is 0 Å². The molecule has 0 radical (unpaired) electrons. The number of nitro benzene ring substituents is 1. The Morgan fingerprint density at radius 2 is 1.58 bits per heavy atom. The molecule has 1 heterocycles. The summed E-state index contributed by atoms with van der Waals surface area (Å²) in [4.78, 5) is 12.5. The lowest BCUT2D eigenvalue weighted by Crippen LogP contribution is -2.43. The van der Waals surface area contributed by atoms with Gasteiger partial charge >= 0.3 is 0 Å². The third-order valence-electron chi connectivity index (χ3n) is 3.80. The summed E-state index contributed by atoms with van der Waals surface area (Å²) in [5.41, 5.74) is 1.79. The predicted molar refractivity (Wildman–Crippen MR) is 92.9 cm³/mol. The number of nitrogens with zero attached hydrogens (tertiary/aromatic N) is 5. The van der Waals surface area contributed by atoms with Crippen molar-refractivity contribution >= 4 is 28.7 Å². The molecule has 24 heavy (non-hydrogen) atoms. The van der Waals surface area contributed by atoms with E-state index in [-0.39, 0.29) is 5.69 Å². The summed E-state index contributed by atoms with van der Waals surface area (Å²) in [6, 6.07) is 13.8. The fraction of sp³-hybridized carbons (Fsp3) is 0.250. The molecule has 1 saturated heterocycles. The van der Waals surface area contributed by atoms with E-state index < -0.39 is 4.92 Å². The van der Waals surface area contributed by atoms with Gasteiger partial charge in [0.05, 0.1) is 23.7 Å². The molecule has 1 aliphatic heterocycles. The maximum Gasteiger partial charge on any atom is 0.269 e. The minimum Gasteiger partial charge on any atom is -0.368 e. The molecule has 0 bridgehead atoms. The lowest BCUT2D eigenvalue weighted by Gasteiger charge is -2.33. The van der Waals surface area contributed by atoms with E-state index in [0.717, 1.165) is 36.9 Å². The van der Waals surface area contributed by atoms with Crippen molar-refractivity contribution in [3.05, 3.63) is 63.7 Å². The van der Waals surface area contributed by atoms with Crippen LogP contribution in [0.25, 0.3) is 0 Å². The lowest BCUT2D eigenvalue weighted by atomic mass is 10.2. The summed E-state index contributed by atoms with van der Waals surface area (Å²) in [5.74, 6) is 0. The molecule has 0 spiro atoms. The summed E-state index contributed by atoms with van der Waals surface area (Å²) in [5, 5.41) is 21.6. The number of nitro groups is 1. The number of benzene rings is 2. The van der Waals surface area contributed by atoms with Crippen molar-refractivity contribution in [2.24, 2.45) is 10.3 Å². The van der Waals surface area contributed by atoms with Crippen LogP contribution in [0.2, 0.25) is 5.02 Å². The molecule has 0 aromatic heterocycles. The van der Waals surface area contributed by atoms with Crippen LogP contribution in [0, 0.1) is 10.1 Å². The number of anilines is 1. The second-order valence-electron chi connectivity index (χ2n) is 5.38. The summed E-state index contributed by atoms with van der Waals surface area (Å²) in [6.45, 7) is 3.22. The minimum atomic E-state index is -0.434. The van der Waals surface area contributed by atoms with Crippen LogP contribution in [0.4, 0.5) is 17.1 Å². The van der Waals surface area contributed by atoms with Gasteiger partial charge in [-0.2, -0.15) is 0 Å². The van der Waals surface area contributed by atoms with Crippen LogP contribution in [0.5, 0.6) is 0 Å². The van der Waals surface area contributed by atoms with E-state index in [1.807, 2.05) is 29.3 Å². The highest BCUT2D eigenvalue weighted by Crippen LogP contribution is 2.21. The van der Waals surface area contributed by atoms with Crippen molar-refractivity contribution in [2.45, 2.75) is 0 Å². The molecular weight excluding hydrogens is 330 g/mol. The topological polar surface area (TPSA) is 74.3 Å². The second kappa shape index (κ2) is 7.27. The van der Waals surface area contributed by atoms with Crippen LogP contribution >= 0.6 is 11.6 Å². The van der Waals surface area contributed by atoms with Crippen LogP contribution in [-0.4, -0.2) is 36.1 Å².